The lowest BCUT2D eigenvalue weighted by Crippen LogP contribution is -2.68. The number of para-hydroxylation sites is 1. The molecule has 0 fully saturated rings. The van der Waals surface area contributed by atoms with Gasteiger partial charge in [0.25, 0.3) is 0 Å². The van der Waals surface area contributed by atoms with Gasteiger partial charge in [0.2, 0.25) is 0 Å². The van der Waals surface area contributed by atoms with Gasteiger partial charge in [0.1, 0.15) is 0 Å². The zero-order chi connectivity index (χ0) is 16.2. The van der Waals surface area contributed by atoms with Crippen molar-refractivity contribution in [3.8, 4) is 11.3 Å². The Labute approximate surface area is 142 Å². The molecule has 3 rings (SSSR count). The highest BCUT2D eigenvalue weighted by Crippen LogP contribution is 2.28. The van der Waals surface area contributed by atoms with Crippen LogP contribution in [0.25, 0.3) is 22.3 Å². The third kappa shape index (κ3) is 5.16. The average molecular weight is 433 g/mol. The van der Waals surface area contributed by atoms with Crippen molar-refractivity contribution in [2.75, 3.05) is 0 Å². The monoisotopic (exact) mass is 432 g/mol. The molecule has 1 heterocycles. The van der Waals surface area contributed by atoms with Gasteiger partial charge in [-0.05, 0) is 40.8 Å². The third-order valence-corrected chi connectivity index (χ3v) is 3.57. The second kappa shape index (κ2) is 7.32. The maximum absolute atomic E-state index is 8.49. The van der Waals surface area contributed by atoms with Crippen molar-refractivity contribution in [2.45, 2.75) is 0 Å². The molecule has 0 unspecified atom stereocenters. The van der Waals surface area contributed by atoms with Gasteiger partial charge in [-0.25, -0.2) is 23.1 Å². The van der Waals surface area contributed by atoms with Crippen LogP contribution >= 0.6 is 22.6 Å². The van der Waals surface area contributed by atoms with Crippen molar-refractivity contribution in [3.05, 3.63) is 64.2 Å². The summed E-state index contributed by atoms with van der Waals surface area (Å²) in [5.74, 6) is 0.911. The van der Waals surface area contributed by atoms with Gasteiger partial charge in [-0.1, -0.05) is 30.3 Å². The Morgan fingerprint density at radius 2 is 1.36 bits per heavy atom. The van der Waals surface area contributed by atoms with Crippen LogP contribution < -0.4 is 18.6 Å². The molecule has 0 aliphatic heterocycles. The summed E-state index contributed by atoms with van der Waals surface area (Å²) in [6, 6.07) is 20.4. The van der Waals surface area contributed by atoms with Crippen molar-refractivity contribution in [1.29, 1.82) is 0 Å². The molecule has 5 nitrogen and oxygen atoms in total. The van der Waals surface area contributed by atoms with Crippen LogP contribution in [0.15, 0.2) is 65.1 Å². The summed E-state index contributed by atoms with van der Waals surface area (Å²) in [5, 5.41) is 1.16. The molecule has 7 heteroatoms. The van der Waals surface area contributed by atoms with E-state index in [1.54, 1.807) is 0 Å². The van der Waals surface area contributed by atoms with Crippen LogP contribution in [0.3, 0.4) is 0 Å². The minimum atomic E-state index is -4.94. The number of hydrogen-bond acceptors (Lipinski definition) is 4. The van der Waals surface area contributed by atoms with E-state index in [0.717, 1.165) is 22.3 Å². The van der Waals surface area contributed by atoms with Crippen molar-refractivity contribution >= 4 is 33.6 Å². The highest BCUT2D eigenvalue weighted by atomic mass is 127. The number of hydrogen-bond donors (Lipinski definition) is 0. The second-order valence-corrected chi connectivity index (χ2v) is 6.12. The molecule has 0 aliphatic carbocycles. The normalized spacial score (nSPS) is 11.0. The molecular formula is C15H10ClIO5. The number of halogens is 2. The standard InChI is InChI=1S/C15H10IO.ClHO4/c16-13-10-15(11-6-2-1-3-7-11)17-14-9-5-4-8-12(13)14;2-1(3,4)5/h1-10H;(H,2,3,4,5)/q+1;/p-1. The first kappa shape index (κ1) is 17.1. The minimum Gasteiger partial charge on any atom is -0.222 e. The zero-order valence-corrected chi connectivity index (χ0v) is 14.0. The number of fused-ring (bicyclic) bond motifs is 1. The molecule has 22 heavy (non-hydrogen) atoms. The Kier molecular flexibility index (Phi) is 5.68. The van der Waals surface area contributed by atoms with E-state index in [1.807, 2.05) is 36.4 Å². The molecule has 0 spiro atoms. The lowest BCUT2D eigenvalue weighted by molar-refractivity contribution is -2.00. The van der Waals surface area contributed by atoms with Crippen LogP contribution in [0.2, 0.25) is 0 Å². The Morgan fingerprint density at radius 3 is 2.00 bits per heavy atom. The van der Waals surface area contributed by atoms with E-state index < -0.39 is 10.2 Å². The Morgan fingerprint density at radius 1 is 0.818 bits per heavy atom. The van der Waals surface area contributed by atoms with E-state index in [9.17, 15) is 0 Å². The molecule has 2 aromatic carbocycles. The van der Waals surface area contributed by atoms with Crippen molar-refractivity contribution in [3.63, 3.8) is 0 Å². The first-order chi connectivity index (χ1) is 10.3. The fraction of sp³-hybridized carbons (Fsp3) is 0. The molecule has 3 aromatic rings. The average Bonchev–Trinajstić information content (AvgIpc) is 2.46. The largest absolute Gasteiger partial charge is 0.361 e. The molecule has 0 atom stereocenters. The van der Waals surface area contributed by atoms with Crippen LogP contribution in [0.5, 0.6) is 0 Å². The molecule has 0 saturated heterocycles. The van der Waals surface area contributed by atoms with Crippen LogP contribution in [0.1, 0.15) is 0 Å². The first-order valence-corrected chi connectivity index (χ1v) is 8.34. The summed E-state index contributed by atoms with van der Waals surface area (Å²) in [5.41, 5.74) is 2.04. The highest BCUT2D eigenvalue weighted by Gasteiger charge is 2.16. The molecule has 0 bridgehead atoms. The molecule has 0 radical (unpaired) electrons. The van der Waals surface area contributed by atoms with E-state index in [-0.39, 0.29) is 0 Å². The van der Waals surface area contributed by atoms with Crippen LogP contribution in [0.4, 0.5) is 0 Å². The molecular weight excluding hydrogens is 423 g/mol. The van der Waals surface area contributed by atoms with Gasteiger partial charge < -0.3 is 0 Å². The van der Waals surface area contributed by atoms with Gasteiger partial charge in [-0.2, -0.15) is 0 Å². The van der Waals surface area contributed by atoms with E-state index in [1.165, 1.54) is 3.57 Å². The predicted octanol–water partition coefficient (Wildman–Crippen LogP) is 0.230. The van der Waals surface area contributed by atoms with Crippen LogP contribution in [-0.2, 0) is 0 Å². The van der Waals surface area contributed by atoms with E-state index in [0.29, 0.717) is 0 Å². The summed E-state index contributed by atoms with van der Waals surface area (Å²) in [7, 11) is -4.94. The smallest absolute Gasteiger partial charge is 0.222 e. The number of benzene rings is 2. The molecule has 114 valence electrons. The first-order valence-electron chi connectivity index (χ1n) is 6.03. The fourth-order valence-corrected chi connectivity index (χ4v) is 2.57. The summed E-state index contributed by atoms with van der Waals surface area (Å²) in [6.45, 7) is 0. The van der Waals surface area contributed by atoms with E-state index in [2.05, 4.69) is 46.9 Å². The van der Waals surface area contributed by atoms with E-state index >= 15 is 0 Å². The minimum absolute atomic E-state index is 0.911. The van der Waals surface area contributed by atoms with Crippen LogP contribution in [-0.4, -0.2) is 0 Å². The van der Waals surface area contributed by atoms with Crippen molar-refractivity contribution < 1.29 is 33.3 Å². The SMILES string of the molecule is Ic1cc(-c2ccccc2)[o+]c2ccccc12.[O-][Cl+3]([O-])([O-])[O-]. The summed E-state index contributed by atoms with van der Waals surface area (Å²) in [6.07, 6.45) is 0. The summed E-state index contributed by atoms with van der Waals surface area (Å²) in [4.78, 5) is 0. The van der Waals surface area contributed by atoms with Gasteiger partial charge >= 0.3 is 11.3 Å². The Hall–Kier alpha value is -1.29. The van der Waals surface area contributed by atoms with Crippen LogP contribution in [0, 0.1) is 13.8 Å². The lowest BCUT2D eigenvalue weighted by atomic mass is 10.1. The topological polar surface area (TPSA) is 104 Å². The zero-order valence-electron chi connectivity index (χ0n) is 11.1. The Balaban J connectivity index is 0.000000309. The molecule has 0 saturated carbocycles. The maximum atomic E-state index is 8.49. The van der Waals surface area contributed by atoms with E-state index in [4.69, 9.17) is 23.1 Å². The maximum Gasteiger partial charge on any atom is 0.361 e. The van der Waals surface area contributed by atoms with Crippen molar-refractivity contribution in [2.24, 2.45) is 0 Å². The lowest BCUT2D eigenvalue weighted by Gasteiger charge is -2.17. The quantitative estimate of drug-likeness (QED) is 0.404. The Bertz CT molecular complexity index is 753. The van der Waals surface area contributed by atoms with Gasteiger partial charge in [-0.3, -0.25) is 0 Å². The molecule has 0 aliphatic rings. The molecule has 0 N–H and O–H groups in total. The molecule has 0 amide bonds. The second-order valence-electron chi connectivity index (χ2n) is 4.20. The van der Waals surface area contributed by atoms with Gasteiger partial charge in [0.15, 0.2) is 0 Å². The molecule has 1 aromatic heterocycles. The highest BCUT2D eigenvalue weighted by molar-refractivity contribution is 14.1. The van der Waals surface area contributed by atoms with Gasteiger partial charge in [0, 0.05) is 9.64 Å². The van der Waals surface area contributed by atoms with Gasteiger partial charge in [-0.15, -0.1) is 10.2 Å². The summed E-state index contributed by atoms with van der Waals surface area (Å²) < 4.78 is 41.1. The predicted molar refractivity (Wildman–Crippen MR) is 78.8 cm³/mol. The number of rotatable bonds is 1. The third-order valence-electron chi connectivity index (χ3n) is 2.68. The fourth-order valence-electron chi connectivity index (χ4n) is 1.84. The van der Waals surface area contributed by atoms with Gasteiger partial charge in [0.05, 0.1) is 17.0 Å². The van der Waals surface area contributed by atoms with Crippen molar-refractivity contribution in [1.82, 2.24) is 0 Å². The summed E-state index contributed by atoms with van der Waals surface area (Å²) >= 11 is 2.35.